The minimum Gasteiger partial charge on any atom is -0.392 e. The summed E-state index contributed by atoms with van der Waals surface area (Å²) in [6, 6.07) is -0.453. The van der Waals surface area contributed by atoms with E-state index in [2.05, 4.69) is 5.32 Å². The van der Waals surface area contributed by atoms with Gasteiger partial charge in [0.15, 0.2) is 0 Å². The van der Waals surface area contributed by atoms with Crippen molar-refractivity contribution in [3.05, 3.63) is 0 Å². The van der Waals surface area contributed by atoms with Crippen molar-refractivity contribution in [3.8, 4) is 0 Å². The molecule has 5 heteroatoms. The number of aliphatic hydroxyl groups is 1. The highest BCUT2D eigenvalue weighted by Crippen LogP contribution is 1.98. The minimum absolute atomic E-state index is 0.185. The Kier molecular flexibility index (Phi) is 7.03. The lowest BCUT2D eigenvalue weighted by atomic mass is 10.2. The molecule has 0 saturated carbocycles. The van der Waals surface area contributed by atoms with Gasteiger partial charge in [0.05, 0.1) is 12.1 Å². The van der Waals surface area contributed by atoms with Crippen molar-refractivity contribution in [1.29, 1.82) is 0 Å². The Bertz CT molecular complexity index is 153. The highest BCUT2D eigenvalue weighted by Gasteiger charge is 2.12. The summed E-state index contributed by atoms with van der Waals surface area (Å²) in [6.07, 6.45) is 2.13. The molecular weight excluding hydrogens is 188 g/mol. The van der Waals surface area contributed by atoms with Crippen LogP contribution in [0.15, 0.2) is 0 Å². The number of hydrogen-bond acceptors (Lipinski definition) is 4. The molecule has 0 aliphatic carbocycles. The zero-order valence-corrected chi connectivity index (χ0v) is 8.93. The van der Waals surface area contributed by atoms with Gasteiger partial charge in [-0.1, -0.05) is 0 Å². The van der Waals surface area contributed by atoms with E-state index in [1.54, 1.807) is 18.7 Å². The number of nitrogens with one attached hydrogen (secondary N) is 1. The Balaban J connectivity index is 3.57. The van der Waals surface area contributed by atoms with Crippen LogP contribution in [0.5, 0.6) is 0 Å². The second-order valence-electron chi connectivity index (χ2n) is 2.98. The molecule has 0 spiro atoms. The predicted octanol–water partition coefficient (Wildman–Crippen LogP) is -0.436. The first-order valence-electron chi connectivity index (χ1n) is 4.28. The first-order valence-corrected chi connectivity index (χ1v) is 5.67. The molecule has 0 aromatic heterocycles. The van der Waals surface area contributed by atoms with E-state index in [1.807, 2.05) is 6.26 Å². The molecule has 4 nitrogen and oxygen atoms in total. The number of carbonyl (C=O) groups excluding carboxylic acids is 1. The minimum atomic E-state index is -0.517. The molecular formula is C8H18N2O2S. The van der Waals surface area contributed by atoms with Crippen LogP contribution in [0.1, 0.15) is 13.3 Å². The quantitative estimate of drug-likeness (QED) is 0.551. The molecule has 1 unspecified atom stereocenters. The van der Waals surface area contributed by atoms with Gasteiger partial charge in [-0.3, -0.25) is 4.79 Å². The van der Waals surface area contributed by atoms with E-state index < -0.39 is 12.1 Å². The number of rotatable bonds is 6. The maximum absolute atomic E-state index is 11.2. The van der Waals surface area contributed by atoms with Crippen LogP contribution < -0.4 is 11.1 Å². The summed E-state index contributed by atoms with van der Waals surface area (Å²) in [4.78, 5) is 11.2. The molecule has 13 heavy (non-hydrogen) atoms. The van der Waals surface area contributed by atoms with Crippen LogP contribution in [0.25, 0.3) is 0 Å². The summed E-state index contributed by atoms with van der Waals surface area (Å²) in [5.74, 6) is 0.693. The first-order chi connectivity index (χ1) is 6.07. The normalized spacial score (nSPS) is 15.1. The smallest absolute Gasteiger partial charge is 0.237 e. The molecule has 0 radical (unpaired) electrons. The fourth-order valence-electron chi connectivity index (χ4n) is 0.755. The zero-order chi connectivity index (χ0) is 10.3. The lowest BCUT2D eigenvalue weighted by Crippen LogP contribution is -2.43. The molecule has 0 rings (SSSR count). The number of hydrogen-bond donors (Lipinski definition) is 3. The van der Waals surface area contributed by atoms with Crippen LogP contribution in [0.4, 0.5) is 0 Å². The van der Waals surface area contributed by atoms with Crippen molar-refractivity contribution < 1.29 is 9.90 Å². The molecule has 0 heterocycles. The Hall–Kier alpha value is -0.260. The highest BCUT2D eigenvalue weighted by atomic mass is 32.2. The Morgan fingerprint density at radius 2 is 2.31 bits per heavy atom. The summed E-state index contributed by atoms with van der Waals surface area (Å²) in [7, 11) is 0. The topological polar surface area (TPSA) is 75.4 Å². The summed E-state index contributed by atoms with van der Waals surface area (Å²) in [5.41, 5.74) is 5.58. The Morgan fingerprint density at radius 1 is 1.69 bits per heavy atom. The maximum Gasteiger partial charge on any atom is 0.237 e. The van der Waals surface area contributed by atoms with Gasteiger partial charge < -0.3 is 16.2 Å². The van der Waals surface area contributed by atoms with Gasteiger partial charge in [-0.05, 0) is 25.4 Å². The third-order valence-electron chi connectivity index (χ3n) is 1.54. The average molecular weight is 206 g/mol. The Labute approximate surface area is 83.3 Å². The van der Waals surface area contributed by atoms with E-state index in [0.717, 1.165) is 5.75 Å². The molecule has 0 bridgehead atoms. The van der Waals surface area contributed by atoms with Crippen LogP contribution in [-0.2, 0) is 4.79 Å². The molecule has 0 saturated heterocycles. The van der Waals surface area contributed by atoms with Crippen LogP contribution in [-0.4, -0.2) is 41.7 Å². The average Bonchev–Trinajstić information content (AvgIpc) is 2.10. The largest absolute Gasteiger partial charge is 0.392 e. The second kappa shape index (κ2) is 7.17. The van der Waals surface area contributed by atoms with Gasteiger partial charge in [0.25, 0.3) is 0 Å². The van der Waals surface area contributed by atoms with E-state index in [1.165, 1.54) is 0 Å². The van der Waals surface area contributed by atoms with E-state index in [4.69, 9.17) is 10.8 Å². The summed E-state index contributed by atoms with van der Waals surface area (Å²) < 4.78 is 0. The van der Waals surface area contributed by atoms with Crippen molar-refractivity contribution in [2.24, 2.45) is 5.73 Å². The van der Waals surface area contributed by atoms with Crippen LogP contribution in [0, 0.1) is 0 Å². The Morgan fingerprint density at radius 3 is 2.77 bits per heavy atom. The third kappa shape index (κ3) is 6.86. The van der Waals surface area contributed by atoms with E-state index in [0.29, 0.717) is 6.42 Å². The standard InChI is InChI=1S/C8H18N2O2S/c1-6(11)5-10-8(12)7(9)3-4-13-2/h6-7,11H,3-5,9H2,1-2H3,(H,10,12)/t6?,7-/m0/s1. The number of thioether (sulfide) groups is 1. The second-order valence-corrected chi connectivity index (χ2v) is 3.97. The molecule has 78 valence electrons. The van der Waals surface area contributed by atoms with Gasteiger partial charge in [0, 0.05) is 6.54 Å². The summed E-state index contributed by atoms with van der Waals surface area (Å²) in [5, 5.41) is 11.5. The van der Waals surface area contributed by atoms with Crippen molar-refractivity contribution in [1.82, 2.24) is 5.32 Å². The number of nitrogens with two attached hydrogens (primary N) is 1. The molecule has 0 fully saturated rings. The molecule has 2 atom stereocenters. The van der Waals surface area contributed by atoms with E-state index >= 15 is 0 Å². The molecule has 0 aromatic rings. The van der Waals surface area contributed by atoms with Gasteiger partial charge in [-0.15, -0.1) is 0 Å². The van der Waals surface area contributed by atoms with Crippen molar-refractivity contribution in [2.45, 2.75) is 25.5 Å². The predicted molar refractivity (Wildman–Crippen MR) is 55.7 cm³/mol. The molecule has 0 aliphatic heterocycles. The van der Waals surface area contributed by atoms with Crippen molar-refractivity contribution in [2.75, 3.05) is 18.6 Å². The SMILES string of the molecule is CSCC[C@H](N)C(=O)NCC(C)O. The summed E-state index contributed by atoms with van der Waals surface area (Å²) in [6.45, 7) is 1.89. The number of aliphatic hydroxyl groups excluding tert-OH is 1. The number of carbonyl (C=O) groups is 1. The van der Waals surface area contributed by atoms with E-state index in [-0.39, 0.29) is 12.5 Å². The lowest BCUT2D eigenvalue weighted by Gasteiger charge is -2.12. The van der Waals surface area contributed by atoms with Gasteiger partial charge >= 0.3 is 0 Å². The molecule has 0 aromatic carbocycles. The van der Waals surface area contributed by atoms with Crippen LogP contribution in [0.2, 0.25) is 0 Å². The fourth-order valence-corrected chi connectivity index (χ4v) is 1.24. The number of amides is 1. The van der Waals surface area contributed by atoms with Crippen LogP contribution in [0.3, 0.4) is 0 Å². The maximum atomic E-state index is 11.2. The van der Waals surface area contributed by atoms with Gasteiger partial charge in [0.2, 0.25) is 5.91 Å². The monoisotopic (exact) mass is 206 g/mol. The third-order valence-corrected chi connectivity index (χ3v) is 2.19. The van der Waals surface area contributed by atoms with Gasteiger partial charge in [-0.25, -0.2) is 0 Å². The molecule has 0 aliphatic rings. The fraction of sp³-hybridized carbons (Fsp3) is 0.875. The molecule has 4 N–H and O–H groups in total. The highest BCUT2D eigenvalue weighted by molar-refractivity contribution is 7.98. The van der Waals surface area contributed by atoms with Crippen LogP contribution >= 0.6 is 11.8 Å². The van der Waals surface area contributed by atoms with E-state index in [9.17, 15) is 4.79 Å². The van der Waals surface area contributed by atoms with Crippen molar-refractivity contribution >= 4 is 17.7 Å². The van der Waals surface area contributed by atoms with Crippen molar-refractivity contribution in [3.63, 3.8) is 0 Å². The molecule has 1 amide bonds. The lowest BCUT2D eigenvalue weighted by molar-refractivity contribution is -0.122. The van der Waals surface area contributed by atoms with Gasteiger partial charge in [0.1, 0.15) is 0 Å². The summed E-state index contributed by atoms with van der Waals surface area (Å²) >= 11 is 1.66. The van der Waals surface area contributed by atoms with Gasteiger partial charge in [-0.2, -0.15) is 11.8 Å². The zero-order valence-electron chi connectivity index (χ0n) is 8.12. The first kappa shape index (κ1) is 12.7.